The molecule has 1 fully saturated rings. The number of amides is 1. The van der Waals surface area contributed by atoms with Crippen molar-refractivity contribution >= 4 is 11.9 Å². The molecule has 0 saturated carbocycles. The third-order valence-corrected chi connectivity index (χ3v) is 7.57. The number of carbonyl (C=O) groups excluding carboxylic acids is 1. The van der Waals surface area contributed by atoms with E-state index in [0.717, 1.165) is 37.0 Å². The number of fused-ring (bicyclic) bond motifs is 1. The van der Waals surface area contributed by atoms with Crippen LogP contribution in [0.15, 0.2) is 94.6 Å². The molecule has 1 aromatic carbocycles. The van der Waals surface area contributed by atoms with Crippen molar-refractivity contribution in [3.63, 3.8) is 0 Å². The molecule has 2 N–H and O–H groups in total. The van der Waals surface area contributed by atoms with Gasteiger partial charge < -0.3 is 5.73 Å². The second kappa shape index (κ2) is 9.52. The van der Waals surface area contributed by atoms with E-state index >= 15 is 0 Å². The second-order valence-corrected chi connectivity index (χ2v) is 9.78. The van der Waals surface area contributed by atoms with Crippen LogP contribution in [0.3, 0.4) is 0 Å². The molecule has 2 heterocycles. The summed E-state index contributed by atoms with van der Waals surface area (Å²) in [7, 11) is 1.72. The van der Waals surface area contributed by atoms with E-state index in [1.807, 2.05) is 30.4 Å². The highest BCUT2D eigenvalue weighted by Gasteiger charge is 2.57. The summed E-state index contributed by atoms with van der Waals surface area (Å²) in [6, 6.07) is 12.6. The quantitative estimate of drug-likeness (QED) is 0.731. The van der Waals surface area contributed by atoms with E-state index in [4.69, 9.17) is 10.7 Å². The number of nitrogens with zero attached hydrogens (tertiary/aromatic N) is 4. The fraction of sp³-hybridized carbons (Fsp3) is 0.345. The third kappa shape index (κ3) is 4.40. The maximum Gasteiger partial charge on any atom is 0.235 e. The van der Waals surface area contributed by atoms with Crippen molar-refractivity contribution in [1.82, 2.24) is 9.80 Å². The van der Waals surface area contributed by atoms with Gasteiger partial charge in [-0.3, -0.25) is 14.6 Å². The number of allylic oxidation sites excluding steroid dienone is 9. The molecule has 178 valence electrons. The number of benzene rings is 1. The van der Waals surface area contributed by atoms with Crippen molar-refractivity contribution in [3.8, 4) is 6.07 Å². The van der Waals surface area contributed by atoms with Crippen LogP contribution in [0, 0.1) is 23.2 Å². The average molecular weight is 466 g/mol. The largest absolute Gasteiger partial charge is 0.369 e. The van der Waals surface area contributed by atoms with Crippen LogP contribution in [0.4, 0.5) is 0 Å². The number of nitriles is 1. The molecule has 0 radical (unpaired) electrons. The predicted octanol–water partition coefficient (Wildman–Crippen LogP) is 3.87. The topological polar surface area (TPSA) is 85.7 Å². The van der Waals surface area contributed by atoms with Crippen LogP contribution in [0.25, 0.3) is 0 Å². The minimum atomic E-state index is -0.609. The van der Waals surface area contributed by atoms with Crippen molar-refractivity contribution in [2.75, 3.05) is 20.1 Å². The predicted molar refractivity (Wildman–Crippen MR) is 138 cm³/mol. The summed E-state index contributed by atoms with van der Waals surface area (Å²) in [4.78, 5) is 22.4. The van der Waals surface area contributed by atoms with E-state index in [0.29, 0.717) is 24.6 Å². The summed E-state index contributed by atoms with van der Waals surface area (Å²) in [6.45, 7) is 2.11. The fourth-order valence-electron chi connectivity index (χ4n) is 5.76. The summed E-state index contributed by atoms with van der Waals surface area (Å²) >= 11 is 0. The van der Waals surface area contributed by atoms with Crippen molar-refractivity contribution in [2.24, 2.45) is 22.6 Å². The lowest BCUT2D eigenvalue weighted by atomic mass is 9.72. The molecular formula is C29H31N5O. The molecule has 3 atom stereocenters. The summed E-state index contributed by atoms with van der Waals surface area (Å²) in [5.41, 5.74) is 9.69. The van der Waals surface area contributed by atoms with Crippen LogP contribution in [0.5, 0.6) is 0 Å². The van der Waals surface area contributed by atoms with Gasteiger partial charge in [0, 0.05) is 38.2 Å². The Labute approximate surface area is 207 Å². The first-order valence-electron chi connectivity index (χ1n) is 12.3. The van der Waals surface area contributed by atoms with Crippen molar-refractivity contribution in [3.05, 3.63) is 95.1 Å². The normalized spacial score (nSPS) is 28.8. The van der Waals surface area contributed by atoms with Crippen LogP contribution < -0.4 is 5.73 Å². The molecular weight excluding hydrogens is 434 g/mol. The minimum absolute atomic E-state index is 0.0431. The molecule has 6 heteroatoms. The number of likely N-dealkylation sites (tertiary alicyclic amines) is 1. The molecule has 3 unspecified atom stereocenters. The molecule has 2 aliphatic heterocycles. The Hall–Kier alpha value is -3.69. The minimum Gasteiger partial charge on any atom is -0.369 e. The molecule has 4 aliphatic rings. The van der Waals surface area contributed by atoms with Gasteiger partial charge in [-0.2, -0.15) is 5.26 Å². The third-order valence-electron chi connectivity index (χ3n) is 7.57. The maximum absolute atomic E-state index is 13.5. The van der Waals surface area contributed by atoms with Gasteiger partial charge in [0.25, 0.3) is 0 Å². The second-order valence-electron chi connectivity index (χ2n) is 9.78. The summed E-state index contributed by atoms with van der Waals surface area (Å²) in [5, 5.41) is 9.49. The first-order valence-corrected chi connectivity index (χ1v) is 12.3. The Morgan fingerprint density at radius 1 is 1.20 bits per heavy atom. The van der Waals surface area contributed by atoms with Crippen LogP contribution in [-0.2, 0) is 11.3 Å². The molecule has 1 aromatic rings. The first-order chi connectivity index (χ1) is 17.0. The molecule has 0 spiro atoms. The fourth-order valence-corrected chi connectivity index (χ4v) is 5.76. The van der Waals surface area contributed by atoms with E-state index in [1.165, 1.54) is 10.5 Å². The van der Waals surface area contributed by atoms with Gasteiger partial charge in [0.05, 0.1) is 17.5 Å². The molecule has 1 saturated heterocycles. The van der Waals surface area contributed by atoms with Gasteiger partial charge in [-0.15, -0.1) is 0 Å². The Kier molecular flexibility index (Phi) is 6.27. The Balaban J connectivity index is 1.54. The lowest BCUT2D eigenvalue weighted by Gasteiger charge is -2.42. The molecule has 5 rings (SSSR count). The van der Waals surface area contributed by atoms with Crippen LogP contribution in [-0.4, -0.2) is 47.3 Å². The van der Waals surface area contributed by atoms with E-state index < -0.39 is 5.54 Å². The number of carbonyl (C=O) groups is 1. The van der Waals surface area contributed by atoms with Gasteiger partial charge in [0.2, 0.25) is 5.91 Å². The lowest BCUT2D eigenvalue weighted by Crippen LogP contribution is -2.58. The summed E-state index contributed by atoms with van der Waals surface area (Å²) in [6.07, 6.45) is 17.2. The first kappa shape index (κ1) is 23.1. The molecule has 0 bridgehead atoms. The van der Waals surface area contributed by atoms with Crippen molar-refractivity contribution in [2.45, 2.75) is 31.3 Å². The molecule has 6 nitrogen and oxygen atoms in total. The standard InChI is InChI=1S/C29H31N5O/c1-33-27(35)26-19-34(18-21-9-3-2-4-10-21)20-29(26,32-28(33)31)25-14-8-7-13-24(16-25)23-12-6-5-11-22(15-23)17-30/h2-4,6-7,9-13,15-16,25-26H,5,8,14,18-20H2,1H3,(H2,31,32). The molecule has 0 aromatic heterocycles. The maximum atomic E-state index is 13.5. The van der Waals surface area contributed by atoms with Gasteiger partial charge in [-0.1, -0.05) is 66.8 Å². The van der Waals surface area contributed by atoms with Gasteiger partial charge in [0.15, 0.2) is 5.96 Å². The van der Waals surface area contributed by atoms with E-state index in [-0.39, 0.29) is 17.7 Å². The number of hydrogen-bond acceptors (Lipinski definition) is 5. The highest BCUT2D eigenvalue weighted by molar-refractivity contribution is 6.00. The van der Waals surface area contributed by atoms with Gasteiger partial charge >= 0.3 is 0 Å². The van der Waals surface area contributed by atoms with Gasteiger partial charge in [0.1, 0.15) is 0 Å². The number of guanidine groups is 1. The smallest absolute Gasteiger partial charge is 0.235 e. The lowest BCUT2D eigenvalue weighted by molar-refractivity contribution is -0.133. The highest BCUT2D eigenvalue weighted by atomic mass is 16.2. The van der Waals surface area contributed by atoms with Crippen molar-refractivity contribution < 1.29 is 4.79 Å². The van der Waals surface area contributed by atoms with Crippen LogP contribution in [0.2, 0.25) is 0 Å². The molecule has 1 amide bonds. The van der Waals surface area contributed by atoms with E-state index in [2.05, 4.69) is 53.5 Å². The average Bonchev–Trinajstić information content (AvgIpc) is 3.05. The Morgan fingerprint density at radius 2 is 2.00 bits per heavy atom. The van der Waals surface area contributed by atoms with Crippen molar-refractivity contribution in [1.29, 1.82) is 5.26 Å². The molecule has 2 aliphatic carbocycles. The van der Waals surface area contributed by atoms with Gasteiger partial charge in [-0.05, 0) is 42.0 Å². The monoisotopic (exact) mass is 465 g/mol. The number of hydrogen-bond donors (Lipinski definition) is 1. The summed E-state index contributed by atoms with van der Waals surface area (Å²) < 4.78 is 0. The number of rotatable bonds is 4. The molecule has 35 heavy (non-hydrogen) atoms. The number of aliphatic imine (C=N–C) groups is 1. The van der Waals surface area contributed by atoms with E-state index in [1.54, 1.807) is 7.05 Å². The zero-order valence-corrected chi connectivity index (χ0v) is 20.1. The Morgan fingerprint density at radius 3 is 2.80 bits per heavy atom. The van der Waals surface area contributed by atoms with Crippen LogP contribution >= 0.6 is 0 Å². The Bertz CT molecular complexity index is 1230. The van der Waals surface area contributed by atoms with E-state index in [9.17, 15) is 10.1 Å². The number of nitrogens with two attached hydrogens (primary N) is 1. The highest BCUT2D eigenvalue weighted by Crippen LogP contribution is 2.45. The zero-order chi connectivity index (χ0) is 24.4. The SMILES string of the molecule is CN1C(=O)C2CN(Cc3ccccc3)CC2(C2C=C(C3=CC(C#N)=CCC=C3)C=CCC2)N=C1N. The summed E-state index contributed by atoms with van der Waals surface area (Å²) in [5.74, 6) is 0.130. The van der Waals surface area contributed by atoms with Crippen LogP contribution in [0.1, 0.15) is 24.8 Å². The van der Waals surface area contributed by atoms with Gasteiger partial charge in [-0.25, -0.2) is 4.99 Å². The zero-order valence-electron chi connectivity index (χ0n) is 20.1.